The van der Waals surface area contributed by atoms with Gasteiger partial charge in [-0.2, -0.15) is 0 Å². The van der Waals surface area contributed by atoms with Crippen molar-refractivity contribution in [2.75, 3.05) is 11.1 Å². The van der Waals surface area contributed by atoms with Crippen LogP contribution in [0.4, 0.5) is 15.8 Å². The van der Waals surface area contributed by atoms with Crippen molar-refractivity contribution in [2.45, 2.75) is 32.1 Å². The molecule has 3 aromatic rings. The zero-order valence-electron chi connectivity index (χ0n) is 17.9. The van der Waals surface area contributed by atoms with Crippen LogP contribution in [0.25, 0.3) is 0 Å². The van der Waals surface area contributed by atoms with Gasteiger partial charge in [-0.1, -0.05) is 30.0 Å². The number of amides is 2. The van der Waals surface area contributed by atoms with Crippen molar-refractivity contribution in [3.63, 3.8) is 0 Å². The molecule has 3 rings (SSSR count). The lowest BCUT2D eigenvalue weighted by Crippen LogP contribution is -2.25. The maximum Gasteiger partial charge on any atom is 0.271 e. The maximum absolute atomic E-state index is 13.8. The predicted octanol–water partition coefficient (Wildman–Crippen LogP) is 3.31. The lowest BCUT2D eigenvalue weighted by Gasteiger charge is -2.10. The van der Waals surface area contributed by atoms with Gasteiger partial charge in [0.1, 0.15) is 5.82 Å². The quantitative estimate of drug-likeness (QED) is 0.277. The van der Waals surface area contributed by atoms with Gasteiger partial charge >= 0.3 is 0 Å². The number of aryl methyl sites for hydroxylation is 1. The number of thioether (sulfide) groups is 1. The van der Waals surface area contributed by atoms with Crippen molar-refractivity contribution < 1.29 is 18.9 Å². The Kier molecular flexibility index (Phi) is 7.72. The number of hydrogen-bond donors (Lipinski definition) is 2. The average Bonchev–Trinajstić information content (AvgIpc) is 3.19. The lowest BCUT2D eigenvalue weighted by atomic mass is 10.2. The predicted molar refractivity (Wildman–Crippen MR) is 120 cm³/mol. The number of carbonyl (C=O) groups excluding carboxylic acids is 2. The van der Waals surface area contributed by atoms with Gasteiger partial charge in [0.05, 0.1) is 28.5 Å². The summed E-state index contributed by atoms with van der Waals surface area (Å²) in [6, 6.07) is 9.91. The summed E-state index contributed by atoms with van der Waals surface area (Å²) in [5.74, 6) is -1.09. The van der Waals surface area contributed by atoms with Gasteiger partial charge in [0.2, 0.25) is 5.91 Å². The normalized spacial score (nSPS) is 10.6. The number of rotatable bonds is 9. The van der Waals surface area contributed by atoms with Gasteiger partial charge in [-0.05, 0) is 31.5 Å². The molecule has 0 unspecified atom stereocenters. The van der Waals surface area contributed by atoms with Crippen LogP contribution in [0.15, 0.2) is 47.6 Å². The van der Waals surface area contributed by atoms with Crippen molar-refractivity contribution in [1.29, 1.82) is 0 Å². The number of nitrogens with zero attached hydrogens (tertiary/aromatic N) is 4. The Balaban J connectivity index is 1.60. The van der Waals surface area contributed by atoms with E-state index in [1.165, 1.54) is 30.3 Å². The number of aromatic nitrogens is 3. The first-order chi connectivity index (χ1) is 15.8. The van der Waals surface area contributed by atoms with Crippen molar-refractivity contribution in [1.82, 2.24) is 20.1 Å². The molecule has 10 nitrogen and oxygen atoms in total. The molecule has 0 fully saturated rings. The summed E-state index contributed by atoms with van der Waals surface area (Å²) in [6.07, 6.45) is 0. The first kappa shape index (κ1) is 23.9. The molecule has 33 heavy (non-hydrogen) atoms. The second kappa shape index (κ2) is 10.7. The fraction of sp³-hybridized carbons (Fsp3) is 0.238. The van der Waals surface area contributed by atoms with Crippen molar-refractivity contribution in [3.05, 3.63) is 75.3 Å². The summed E-state index contributed by atoms with van der Waals surface area (Å²) in [7, 11) is 0. The van der Waals surface area contributed by atoms with E-state index in [1.54, 1.807) is 23.6 Å². The third kappa shape index (κ3) is 5.92. The summed E-state index contributed by atoms with van der Waals surface area (Å²) in [5.41, 5.74) is 0.881. The van der Waals surface area contributed by atoms with Crippen LogP contribution in [0.5, 0.6) is 0 Å². The van der Waals surface area contributed by atoms with E-state index < -0.39 is 16.6 Å². The third-order valence-electron chi connectivity index (χ3n) is 4.67. The summed E-state index contributed by atoms with van der Waals surface area (Å²) >= 11 is 1.14. The minimum absolute atomic E-state index is 0.00184. The van der Waals surface area contributed by atoms with Gasteiger partial charge in [-0.25, -0.2) is 4.39 Å². The van der Waals surface area contributed by atoms with Crippen LogP contribution in [-0.2, 0) is 17.9 Å². The Bertz CT molecular complexity index is 1200. The number of carbonyl (C=O) groups is 2. The standard InChI is InChI=1S/C21H21FN6O4S/c1-3-27-18(11-23-20(30)15-6-4-5-7-16(15)22)25-26-21(27)33-12-19(29)24-17-10-14(28(31)32)9-8-13(17)2/h4-10H,3,11-12H2,1-2H3,(H,23,30)(H,24,29). The van der Waals surface area contributed by atoms with Gasteiger partial charge in [-0.15, -0.1) is 10.2 Å². The van der Waals surface area contributed by atoms with Gasteiger partial charge in [0.15, 0.2) is 11.0 Å². The van der Waals surface area contributed by atoms with Crippen LogP contribution in [-0.4, -0.2) is 37.3 Å². The van der Waals surface area contributed by atoms with E-state index in [-0.39, 0.29) is 29.5 Å². The van der Waals surface area contributed by atoms with Crippen molar-refractivity contribution >= 4 is 35.0 Å². The number of halogens is 1. The number of anilines is 1. The fourth-order valence-corrected chi connectivity index (χ4v) is 3.77. The molecule has 2 N–H and O–H groups in total. The fourth-order valence-electron chi connectivity index (χ4n) is 2.95. The minimum atomic E-state index is -0.617. The molecule has 0 radical (unpaired) electrons. The summed E-state index contributed by atoms with van der Waals surface area (Å²) in [4.78, 5) is 35.0. The molecule has 0 atom stereocenters. The maximum atomic E-state index is 13.8. The Morgan fingerprint density at radius 3 is 2.67 bits per heavy atom. The Hall–Kier alpha value is -3.80. The molecule has 1 aromatic heterocycles. The SMILES string of the molecule is CCn1c(CNC(=O)c2ccccc2F)nnc1SCC(=O)Nc1cc([N+](=O)[O-])ccc1C. The van der Waals surface area contributed by atoms with Gasteiger partial charge < -0.3 is 15.2 Å². The lowest BCUT2D eigenvalue weighted by molar-refractivity contribution is -0.384. The molecule has 2 amide bonds. The Labute approximate surface area is 192 Å². The Morgan fingerprint density at radius 1 is 1.21 bits per heavy atom. The average molecular weight is 473 g/mol. The zero-order valence-corrected chi connectivity index (χ0v) is 18.7. The van der Waals surface area contributed by atoms with Crippen LogP contribution in [0.1, 0.15) is 28.7 Å². The summed E-state index contributed by atoms with van der Waals surface area (Å²) < 4.78 is 15.5. The van der Waals surface area contributed by atoms with Crippen LogP contribution >= 0.6 is 11.8 Å². The molecule has 0 aliphatic rings. The number of benzene rings is 2. The highest BCUT2D eigenvalue weighted by Crippen LogP contribution is 2.23. The smallest absolute Gasteiger partial charge is 0.271 e. The number of nitrogens with one attached hydrogen (secondary N) is 2. The molecule has 2 aromatic carbocycles. The van der Waals surface area contributed by atoms with Crippen LogP contribution in [0, 0.1) is 22.9 Å². The highest BCUT2D eigenvalue weighted by Gasteiger charge is 2.17. The van der Waals surface area contributed by atoms with E-state index in [9.17, 15) is 24.1 Å². The second-order valence-electron chi connectivity index (χ2n) is 6.90. The number of hydrogen-bond acceptors (Lipinski definition) is 7. The minimum Gasteiger partial charge on any atom is -0.345 e. The molecular weight excluding hydrogens is 451 g/mol. The van der Waals surface area contributed by atoms with Crippen LogP contribution < -0.4 is 10.6 Å². The molecule has 172 valence electrons. The number of nitro groups is 1. The monoisotopic (exact) mass is 472 g/mol. The highest BCUT2D eigenvalue weighted by molar-refractivity contribution is 7.99. The number of nitro benzene ring substituents is 1. The molecule has 12 heteroatoms. The van der Waals surface area contributed by atoms with Crippen molar-refractivity contribution in [3.8, 4) is 0 Å². The zero-order chi connectivity index (χ0) is 24.0. The van der Waals surface area contributed by atoms with E-state index >= 15 is 0 Å². The van der Waals surface area contributed by atoms with Gasteiger partial charge in [0, 0.05) is 18.7 Å². The first-order valence-electron chi connectivity index (χ1n) is 9.92. The van der Waals surface area contributed by atoms with Crippen LogP contribution in [0.3, 0.4) is 0 Å². The van der Waals surface area contributed by atoms with Gasteiger partial charge in [0.25, 0.3) is 11.6 Å². The molecule has 0 aliphatic carbocycles. The summed E-state index contributed by atoms with van der Waals surface area (Å²) in [5, 5.41) is 24.8. The Morgan fingerprint density at radius 2 is 1.97 bits per heavy atom. The molecule has 1 heterocycles. The topological polar surface area (TPSA) is 132 Å². The third-order valence-corrected chi connectivity index (χ3v) is 5.64. The van der Waals surface area contributed by atoms with Crippen molar-refractivity contribution in [2.24, 2.45) is 0 Å². The molecule has 0 spiro atoms. The molecular formula is C21H21FN6O4S. The van der Waals surface area contributed by atoms with Crippen LogP contribution in [0.2, 0.25) is 0 Å². The van der Waals surface area contributed by atoms with E-state index in [0.29, 0.717) is 28.8 Å². The van der Waals surface area contributed by atoms with E-state index in [1.807, 2.05) is 6.92 Å². The largest absolute Gasteiger partial charge is 0.345 e. The molecule has 0 saturated heterocycles. The highest BCUT2D eigenvalue weighted by atomic mass is 32.2. The molecule has 0 saturated carbocycles. The molecule has 0 aliphatic heterocycles. The van der Waals surface area contributed by atoms with E-state index in [0.717, 1.165) is 11.8 Å². The molecule has 0 bridgehead atoms. The van der Waals surface area contributed by atoms with Gasteiger partial charge in [-0.3, -0.25) is 19.7 Å². The van der Waals surface area contributed by atoms with E-state index in [2.05, 4.69) is 20.8 Å². The first-order valence-corrected chi connectivity index (χ1v) is 10.9. The summed E-state index contributed by atoms with van der Waals surface area (Å²) in [6.45, 7) is 4.13. The number of non-ortho nitro benzene ring substituents is 1. The second-order valence-corrected chi connectivity index (χ2v) is 7.84. The van der Waals surface area contributed by atoms with E-state index in [4.69, 9.17) is 0 Å².